The maximum Gasteiger partial charge on any atom is 0.230 e. The molecule has 8 heteroatoms. The highest BCUT2D eigenvalue weighted by Gasteiger charge is 2.13. The van der Waals surface area contributed by atoms with E-state index in [4.69, 9.17) is 4.74 Å². The van der Waals surface area contributed by atoms with Gasteiger partial charge in [-0.2, -0.15) is 0 Å². The molecule has 3 rings (SSSR count). The molecule has 0 fully saturated rings. The van der Waals surface area contributed by atoms with E-state index in [1.54, 1.807) is 24.5 Å². The number of nitrogens with one attached hydrogen (secondary N) is 1. The van der Waals surface area contributed by atoms with E-state index < -0.39 is 0 Å². The van der Waals surface area contributed by atoms with Crippen molar-refractivity contribution in [1.82, 2.24) is 20.5 Å². The molecule has 0 aliphatic carbocycles. The van der Waals surface area contributed by atoms with Crippen LogP contribution in [0.25, 0.3) is 21.1 Å². The fourth-order valence-corrected chi connectivity index (χ4v) is 4.07. The van der Waals surface area contributed by atoms with Crippen molar-refractivity contribution in [2.45, 2.75) is 11.9 Å². The predicted octanol–water partition coefficient (Wildman–Crippen LogP) is 3.98. The molecule has 0 atom stereocenters. The largest absolute Gasteiger partial charge is 0.497 e. The third-order valence-electron chi connectivity index (χ3n) is 3.80. The minimum atomic E-state index is -0.0572. The summed E-state index contributed by atoms with van der Waals surface area (Å²) in [6.07, 6.45) is 1.65. The Labute approximate surface area is 172 Å². The SMILES string of the molecule is C=CCNC(=O)CSc1ccc(-c2sc(-c3ccc(OC)cc3)nc2C)nn1. The maximum atomic E-state index is 11.6. The van der Waals surface area contributed by atoms with Gasteiger partial charge in [0.1, 0.15) is 21.5 Å². The number of thioether (sulfide) groups is 1. The highest BCUT2D eigenvalue weighted by atomic mass is 32.2. The molecule has 0 spiro atoms. The number of aryl methyl sites for hydroxylation is 1. The number of aromatic nitrogens is 3. The van der Waals surface area contributed by atoms with Crippen LogP contribution in [-0.2, 0) is 4.79 Å². The minimum absolute atomic E-state index is 0.0572. The van der Waals surface area contributed by atoms with Gasteiger partial charge in [0, 0.05) is 12.1 Å². The summed E-state index contributed by atoms with van der Waals surface area (Å²) in [4.78, 5) is 17.3. The first-order valence-corrected chi connectivity index (χ1v) is 10.4. The Morgan fingerprint density at radius 3 is 2.68 bits per heavy atom. The van der Waals surface area contributed by atoms with E-state index in [2.05, 4.69) is 27.1 Å². The summed E-state index contributed by atoms with van der Waals surface area (Å²) in [5.41, 5.74) is 2.72. The number of hydrogen-bond donors (Lipinski definition) is 1. The Morgan fingerprint density at radius 2 is 2.04 bits per heavy atom. The van der Waals surface area contributed by atoms with Gasteiger partial charge in [0.15, 0.2) is 0 Å². The van der Waals surface area contributed by atoms with Crippen LogP contribution in [0.3, 0.4) is 0 Å². The van der Waals surface area contributed by atoms with Crippen LogP contribution >= 0.6 is 23.1 Å². The lowest BCUT2D eigenvalue weighted by Gasteiger charge is -2.02. The molecule has 0 saturated heterocycles. The number of rotatable bonds is 8. The lowest BCUT2D eigenvalue weighted by atomic mass is 10.2. The Balaban J connectivity index is 1.70. The Bertz CT molecular complexity index is 953. The number of thiazole rings is 1. The first-order valence-electron chi connectivity index (χ1n) is 8.57. The van der Waals surface area contributed by atoms with E-state index in [0.717, 1.165) is 32.6 Å². The fraction of sp³-hybridized carbons (Fsp3) is 0.200. The molecule has 1 aromatic carbocycles. The third kappa shape index (κ3) is 4.96. The lowest BCUT2D eigenvalue weighted by Crippen LogP contribution is -2.24. The van der Waals surface area contributed by atoms with Gasteiger partial charge in [-0.05, 0) is 43.3 Å². The van der Waals surface area contributed by atoms with Crippen molar-refractivity contribution in [1.29, 1.82) is 0 Å². The molecule has 0 unspecified atom stereocenters. The predicted molar refractivity (Wildman–Crippen MR) is 114 cm³/mol. The molecule has 144 valence electrons. The molecule has 3 aromatic rings. The number of benzene rings is 1. The Hall–Kier alpha value is -2.71. The van der Waals surface area contributed by atoms with Gasteiger partial charge in [-0.1, -0.05) is 17.8 Å². The van der Waals surface area contributed by atoms with Gasteiger partial charge >= 0.3 is 0 Å². The molecular formula is C20H20N4O2S2. The maximum absolute atomic E-state index is 11.6. The molecule has 0 aliphatic heterocycles. The van der Waals surface area contributed by atoms with Gasteiger partial charge in [-0.25, -0.2) is 4.98 Å². The van der Waals surface area contributed by atoms with Crippen LogP contribution in [0.15, 0.2) is 54.1 Å². The zero-order valence-corrected chi connectivity index (χ0v) is 17.3. The molecule has 1 N–H and O–H groups in total. The molecular weight excluding hydrogens is 392 g/mol. The number of hydrogen-bond acceptors (Lipinski definition) is 7. The summed E-state index contributed by atoms with van der Waals surface area (Å²) >= 11 is 2.93. The standard InChI is InChI=1S/C20H20N4O2S2/c1-4-11-21-17(25)12-27-18-10-9-16(23-24-18)19-13(2)22-20(28-19)14-5-7-15(26-3)8-6-14/h4-10H,1,11-12H2,2-3H3,(H,21,25). The lowest BCUT2D eigenvalue weighted by molar-refractivity contribution is -0.118. The van der Waals surface area contributed by atoms with Crippen LogP contribution < -0.4 is 10.1 Å². The zero-order valence-electron chi connectivity index (χ0n) is 15.6. The summed E-state index contributed by atoms with van der Waals surface area (Å²) in [7, 11) is 1.65. The summed E-state index contributed by atoms with van der Waals surface area (Å²) < 4.78 is 5.20. The van der Waals surface area contributed by atoms with Crippen LogP contribution in [0.2, 0.25) is 0 Å². The van der Waals surface area contributed by atoms with Crippen molar-refractivity contribution in [3.05, 3.63) is 54.7 Å². The molecule has 28 heavy (non-hydrogen) atoms. The fourth-order valence-electron chi connectivity index (χ4n) is 2.39. The number of amides is 1. The van der Waals surface area contributed by atoms with Crippen LogP contribution in [0, 0.1) is 6.92 Å². The van der Waals surface area contributed by atoms with Gasteiger partial charge in [-0.3, -0.25) is 4.79 Å². The summed E-state index contributed by atoms with van der Waals surface area (Å²) in [5.74, 6) is 1.05. The van der Waals surface area contributed by atoms with Crippen LogP contribution in [-0.4, -0.2) is 40.5 Å². The van der Waals surface area contributed by atoms with E-state index in [9.17, 15) is 4.79 Å². The van der Waals surface area contributed by atoms with Crippen LogP contribution in [0.5, 0.6) is 5.75 Å². The summed E-state index contributed by atoms with van der Waals surface area (Å²) in [5, 5.41) is 12.9. The molecule has 6 nitrogen and oxygen atoms in total. The van der Waals surface area contributed by atoms with Crippen molar-refractivity contribution in [2.75, 3.05) is 19.4 Å². The van der Waals surface area contributed by atoms with E-state index in [-0.39, 0.29) is 5.91 Å². The summed E-state index contributed by atoms with van der Waals surface area (Å²) in [6, 6.07) is 11.6. The normalized spacial score (nSPS) is 10.5. The molecule has 2 aromatic heterocycles. The first kappa shape index (κ1) is 20.0. The molecule has 0 saturated carbocycles. The second-order valence-corrected chi connectivity index (χ2v) is 7.79. The average Bonchev–Trinajstić information content (AvgIpc) is 3.12. The molecule has 0 radical (unpaired) electrons. The Kier molecular flexibility index (Phi) is 6.78. The van der Waals surface area contributed by atoms with Crippen molar-refractivity contribution in [3.8, 4) is 26.9 Å². The minimum Gasteiger partial charge on any atom is -0.497 e. The van der Waals surface area contributed by atoms with Crippen LogP contribution in [0.4, 0.5) is 0 Å². The van der Waals surface area contributed by atoms with E-state index in [0.29, 0.717) is 17.3 Å². The van der Waals surface area contributed by atoms with Crippen molar-refractivity contribution < 1.29 is 9.53 Å². The Morgan fingerprint density at radius 1 is 1.25 bits per heavy atom. The number of methoxy groups -OCH3 is 1. The number of ether oxygens (including phenoxy) is 1. The second-order valence-electron chi connectivity index (χ2n) is 5.80. The highest BCUT2D eigenvalue weighted by Crippen LogP contribution is 2.34. The van der Waals surface area contributed by atoms with E-state index in [1.165, 1.54) is 11.8 Å². The molecule has 1 amide bonds. The average molecular weight is 413 g/mol. The first-order chi connectivity index (χ1) is 13.6. The number of carbonyl (C=O) groups is 1. The van der Waals surface area contributed by atoms with Gasteiger partial charge in [0.2, 0.25) is 5.91 Å². The van der Waals surface area contributed by atoms with Crippen molar-refractivity contribution >= 4 is 29.0 Å². The van der Waals surface area contributed by atoms with E-state index in [1.807, 2.05) is 43.3 Å². The third-order valence-corrected chi connectivity index (χ3v) is 5.95. The van der Waals surface area contributed by atoms with Gasteiger partial charge < -0.3 is 10.1 Å². The van der Waals surface area contributed by atoms with Crippen molar-refractivity contribution in [2.24, 2.45) is 0 Å². The van der Waals surface area contributed by atoms with Gasteiger partial charge in [0.25, 0.3) is 0 Å². The second kappa shape index (κ2) is 9.48. The van der Waals surface area contributed by atoms with Gasteiger partial charge in [-0.15, -0.1) is 28.1 Å². The topological polar surface area (TPSA) is 77.0 Å². The molecule has 0 bridgehead atoms. The number of nitrogens with zero attached hydrogens (tertiary/aromatic N) is 3. The monoisotopic (exact) mass is 412 g/mol. The number of carbonyl (C=O) groups excluding carboxylic acids is 1. The van der Waals surface area contributed by atoms with E-state index >= 15 is 0 Å². The van der Waals surface area contributed by atoms with Crippen LogP contribution in [0.1, 0.15) is 5.69 Å². The smallest absolute Gasteiger partial charge is 0.230 e. The molecule has 0 aliphatic rings. The summed E-state index contributed by atoms with van der Waals surface area (Å²) in [6.45, 7) is 6.00. The van der Waals surface area contributed by atoms with Gasteiger partial charge in [0.05, 0.1) is 23.4 Å². The molecule has 2 heterocycles. The zero-order chi connectivity index (χ0) is 19.9. The van der Waals surface area contributed by atoms with Crippen molar-refractivity contribution in [3.63, 3.8) is 0 Å². The highest BCUT2D eigenvalue weighted by molar-refractivity contribution is 7.99. The quantitative estimate of drug-likeness (QED) is 0.445.